The molecule has 144 valence electrons. The molecule has 0 aromatic rings. The second-order valence-electron chi connectivity index (χ2n) is 6.22. The topological polar surface area (TPSA) is 58.1 Å². The molecule has 7 heteroatoms. The van der Waals surface area contributed by atoms with Gasteiger partial charge in [-0.05, 0) is 45.2 Å². The summed E-state index contributed by atoms with van der Waals surface area (Å²) in [5.74, 6) is 1.51. The number of ether oxygens (including phenoxy) is 2. The van der Waals surface area contributed by atoms with Crippen molar-refractivity contribution in [2.45, 2.75) is 33.1 Å². The van der Waals surface area contributed by atoms with E-state index in [1.807, 2.05) is 0 Å². The number of hydrogen-bond acceptors (Lipinski definition) is 4. The Balaban J connectivity index is 0.00000529. The van der Waals surface area contributed by atoms with E-state index in [1.165, 1.54) is 25.9 Å². The SMILES string of the molecule is CCNC(=NCC(C)CN1CCCC1)NCCCOCCOC.I. The number of rotatable bonds is 12. The van der Waals surface area contributed by atoms with Crippen molar-refractivity contribution in [3.8, 4) is 0 Å². The highest BCUT2D eigenvalue weighted by Gasteiger charge is 2.14. The lowest BCUT2D eigenvalue weighted by molar-refractivity contribution is 0.0698. The molecule has 1 fully saturated rings. The van der Waals surface area contributed by atoms with Crippen LogP contribution in [0.25, 0.3) is 0 Å². The Morgan fingerprint density at radius 2 is 1.92 bits per heavy atom. The lowest BCUT2D eigenvalue weighted by Crippen LogP contribution is -2.38. The Morgan fingerprint density at radius 1 is 1.17 bits per heavy atom. The molecule has 1 rings (SSSR count). The van der Waals surface area contributed by atoms with Crippen LogP contribution in [0.5, 0.6) is 0 Å². The number of guanidine groups is 1. The van der Waals surface area contributed by atoms with E-state index in [4.69, 9.17) is 14.5 Å². The van der Waals surface area contributed by atoms with Crippen molar-refractivity contribution in [2.24, 2.45) is 10.9 Å². The van der Waals surface area contributed by atoms with Crippen molar-refractivity contribution in [3.05, 3.63) is 0 Å². The summed E-state index contributed by atoms with van der Waals surface area (Å²) in [6.45, 7) is 12.8. The standard InChI is InChI=1S/C17H36N4O2.HI/c1-4-18-17(19-8-7-11-23-13-12-22-3)20-14-16(2)15-21-9-5-6-10-21;/h16H,4-15H2,1-3H3,(H2,18,19,20);1H. The molecule has 0 radical (unpaired) electrons. The van der Waals surface area contributed by atoms with Crippen molar-refractivity contribution < 1.29 is 9.47 Å². The van der Waals surface area contributed by atoms with Crippen LogP contribution in [-0.4, -0.2) is 77.1 Å². The third-order valence-electron chi connectivity index (χ3n) is 3.86. The maximum absolute atomic E-state index is 5.46. The summed E-state index contributed by atoms with van der Waals surface area (Å²) in [4.78, 5) is 7.26. The smallest absolute Gasteiger partial charge is 0.191 e. The van der Waals surface area contributed by atoms with Gasteiger partial charge in [-0.25, -0.2) is 0 Å². The molecule has 1 heterocycles. The highest BCUT2D eigenvalue weighted by molar-refractivity contribution is 14.0. The van der Waals surface area contributed by atoms with Crippen molar-refractivity contribution in [2.75, 3.05) is 66.2 Å². The zero-order valence-electron chi connectivity index (χ0n) is 15.7. The molecule has 2 N–H and O–H groups in total. The Bertz CT molecular complexity index is 313. The summed E-state index contributed by atoms with van der Waals surface area (Å²) >= 11 is 0. The molecule has 0 amide bonds. The van der Waals surface area contributed by atoms with Crippen molar-refractivity contribution in [1.82, 2.24) is 15.5 Å². The van der Waals surface area contributed by atoms with Gasteiger partial charge in [0, 0.05) is 39.9 Å². The lowest BCUT2D eigenvalue weighted by Gasteiger charge is -2.19. The summed E-state index contributed by atoms with van der Waals surface area (Å²) in [6.07, 6.45) is 3.68. The third-order valence-corrected chi connectivity index (χ3v) is 3.86. The van der Waals surface area contributed by atoms with Crippen molar-refractivity contribution >= 4 is 29.9 Å². The molecule has 0 bridgehead atoms. The number of nitrogens with zero attached hydrogens (tertiary/aromatic N) is 2. The maximum atomic E-state index is 5.46. The van der Waals surface area contributed by atoms with Gasteiger partial charge in [0.25, 0.3) is 0 Å². The number of nitrogens with one attached hydrogen (secondary N) is 2. The third kappa shape index (κ3) is 12.3. The van der Waals surface area contributed by atoms with E-state index in [-0.39, 0.29) is 24.0 Å². The molecule has 0 aromatic heterocycles. The van der Waals surface area contributed by atoms with Gasteiger partial charge in [0.15, 0.2) is 5.96 Å². The van der Waals surface area contributed by atoms with Crippen LogP contribution in [0, 0.1) is 5.92 Å². The van der Waals surface area contributed by atoms with E-state index in [2.05, 4.69) is 29.4 Å². The number of likely N-dealkylation sites (tertiary alicyclic amines) is 1. The van der Waals surface area contributed by atoms with Crippen LogP contribution in [0.15, 0.2) is 4.99 Å². The Hall–Kier alpha value is -0.120. The second kappa shape index (κ2) is 16.4. The molecular formula is C17H37IN4O2. The summed E-state index contributed by atoms with van der Waals surface area (Å²) in [5, 5.41) is 6.68. The van der Waals surface area contributed by atoms with E-state index in [0.29, 0.717) is 19.1 Å². The van der Waals surface area contributed by atoms with Crippen LogP contribution in [0.1, 0.15) is 33.1 Å². The molecule has 1 saturated heterocycles. The zero-order chi connectivity index (χ0) is 16.8. The van der Waals surface area contributed by atoms with E-state index in [0.717, 1.165) is 45.2 Å². The molecule has 0 spiro atoms. The first-order valence-electron chi connectivity index (χ1n) is 9.07. The van der Waals surface area contributed by atoms with E-state index >= 15 is 0 Å². The maximum Gasteiger partial charge on any atom is 0.191 e. The lowest BCUT2D eigenvalue weighted by atomic mass is 10.2. The summed E-state index contributed by atoms with van der Waals surface area (Å²) in [5.41, 5.74) is 0. The van der Waals surface area contributed by atoms with Gasteiger partial charge in [-0.3, -0.25) is 4.99 Å². The molecule has 0 aromatic carbocycles. The normalized spacial score (nSPS) is 16.7. The van der Waals surface area contributed by atoms with Gasteiger partial charge in [-0.15, -0.1) is 24.0 Å². The van der Waals surface area contributed by atoms with Crippen LogP contribution in [0.2, 0.25) is 0 Å². The molecule has 1 aliphatic heterocycles. The molecule has 1 atom stereocenters. The average molecular weight is 456 g/mol. The van der Waals surface area contributed by atoms with E-state index in [9.17, 15) is 0 Å². The van der Waals surface area contributed by atoms with E-state index < -0.39 is 0 Å². The Morgan fingerprint density at radius 3 is 2.58 bits per heavy atom. The molecule has 6 nitrogen and oxygen atoms in total. The first kappa shape index (κ1) is 23.9. The fraction of sp³-hybridized carbons (Fsp3) is 0.941. The van der Waals surface area contributed by atoms with Crippen LogP contribution < -0.4 is 10.6 Å². The number of hydrogen-bond donors (Lipinski definition) is 2. The molecule has 1 aliphatic rings. The largest absolute Gasteiger partial charge is 0.382 e. The van der Waals surface area contributed by atoms with Crippen LogP contribution in [-0.2, 0) is 9.47 Å². The van der Waals surface area contributed by atoms with Crippen LogP contribution >= 0.6 is 24.0 Å². The van der Waals surface area contributed by atoms with Crippen LogP contribution in [0.4, 0.5) is 0 Å². The molecule has 0 saturated carbocycles. The molecule has 0 aliphatic carbocycles. The second-order valence-corrected chi connectivity index (χ2v) is 6.22. The first-order chi connectivity index (χ1) is 11.3. The van der Waals surface area contributed by atoms with Gasteiger partial charge in [0.1, 0.15) is 0 Å². The minimum atomic E-state index is 0. The summed E-state index contributed by atoms with van der Waals surface area (Å²) in [7, 11) is 1.69. The summed E-state index contributed by atoms with van der Waals surface area (Å²) in [6, 6.07) is 0. The average Bonchev–Trinajstić information content (AvgIpc) is 3.04. The number of methoxy groups -OCH3 is 1. The van der Waals surface area contributed by atoms with Gasteiger partial charge in [0.2, 0.25) is 0 Å². The van der Waals surface area contributed by atoms with Crippen molar-refractivity contribution in [3.63, 3.8) is 0 Å². The monoisotopic (exact) mass is 456 g/mol. The fourth-order valence-electron chi connectivity index (χ4n) is 2.68. The highest BCUT2D eigenvalue weighted by Crippen LogP contribution is 2.10. The van der Waals surface area contributed by atoms with Gasteiger partial charge < -0.3 is 25.0 Å². The first-order valence-corrected chi connectivity index (χ1v) is 9.07. The summed E-state index contributed by atoms with van der Waals surface area (Å²) < 4.78 is 10.4. The van der Waals surface area contributed by atoms with Gasteiger partial charge >= 0.3 is 0 Å². The van der Waals surface area contributed by atoms with Gasteiger partial charge in [0.05, 0.1) is 13.2 Å². The quantitative estimate of drug-likeness (QED) is 0.204. The molecule has 24 heavy (non-hydrogen) atoms. The zero-order valence-corrected chi connectivity index (χ0v) is 18.0. The minimum absolute atomic E-state index is 0. The van der Waals surface area contributed by atoms with Crippen LogP contribution in [0.3, 0.4) is 0 Å². The number of aliphatic imine (C=N–C) groups is 1. The number of halogens is 1. The Kier molecular flexibility index (Phi) is 16.3. The molecular weight excluding hydrogens is 419 g/mol. The van der Waals surface area contributed by atoms with E-state index in [1.54, 1.807) is 7.11 Å². The predicted molar refractivity (Wildman–Crippen MR) is 112 cm³/mol. The molecule has 1 unspecified atom stereocenters. The van der Waals surface area contributed by atoms with Gasteiger partial charge in [-0.1, -0.05) is 6.92 Å². The fourth-order valence-corrected chi connectivity index (χ4v) is 2.68. The minimum Gasteiger partial charge on any atom is -0.382 e. The predicted octanol–water partition coefficient (Wildman–Crippen LogP) is 1.94. The highest BCUT2D eigenvalue weighted by atomic mass is 127. The van der Waals surface area contributed by atoms with Gasteiger partial charge in [-0.2, -0.15) is 0 Å². The van der Waals surface area contributed by atoms with Crippen molar-refractivity contribution in [1.29, 1.82) is 0 Å². The Labute approximate surface area is 165 Å².